The van der Waals surface area contributed by atoms with Crippen molar-refractivity contribution in [3.05, 3.63) is 22.6 Å². The molecular formula is C14H22BrN3O3. The zero-order valence-electron chi connectivity index (χ0n) is 12.6. The monoisotopic (exact) mass is 359 g/mol. The molecule has 0 aliphatic carbocycles. The summed E-state index contributed by atoms with van der Waals surface area (Å²) in [5, 5.41) is 2.84. The summed E-state index contributed by atoms with van der Waals surface area (Å²) >= 11 is 3.13. The number of hydrogen-bond acceptors (Lipinski definition) is 4. The predicted octanol–water partition coefficient (Wildman–Crippen LogP) is 1.60. The molecule has 6 nitrogen and oxygen atoms in total. The molecule has 118 valence electrons. The fourth-order valence-corrected chi connectivity index (χ4v) is 2.27. The Balaban J connectivity index is 2.51. The molecule has 0 saturated carbocycles. The van der Waals surface area contributed by atoms with Gasteiger partial charge < -0.3 is 20.4 Å². The SMILES string of the molecule is CC(C)CC(CN)NC(=O)CN(C)C(=O)c1ccc(Br)o1. The summed E-state index contributed by atoms with van der Waals surface area (Å²) in [4.78, 5) is 25.3. The second kappa shape index (κ2) is 8.19. The molecule has 1 aromatic rings. The van der Waals surface area contributed by atoms with Gasteiger partial charge in [-0.3, -0.25) is 9.59 Å². The van der Waals surface area contributed by atoms with Crippen molar-refractivity contribution in [1.29, 1.82) is 0 Å². The Morgan fingerprint density at radius 1 is 1.43 bits per heavy atom. The Labute approximate surface area is 133 Å². The number of furan rings is 1. The molecule has 1 heterocycles. The highest BCUT2D eigenvalue weighted by molar-refractivity contribution is 9.10. The standard InChI is InChI=1S/C14H22BrN3O3/c1-9(2)6-10(7-16)17-13(19)8-18(3)14(20)11-4-5-12(15)21-11/h4-5,9-10H,6-8,16H2,1-3H3,(H,17,19). The Kier molecular flexibility index (Phi) is 6.91. The second-order valence-electron chi connectivity index (χ2n) is 5.39. The molecule has 3 N–H and O–H groups in total. The number of carbonyl (C=O) groups excluding carboxylic acids is 2. The van der Waals surface area contributed by atoms with Gasteiger partial charge in [0.15, 0.2) is 10.4 Å². The van der Waals surface area contributed by atoms with E-state index in [1.165, 1.54) is 4.90 Å². The van der Waals surface area contributed by atoms with Gasteiger partial charge in [0.25, 0.3) is 5.91 Å². The van der Waals surface area contributed by atoms with E-state index in [-0.39, 0.29) is 30.2 Å². The molecule has 1 aromatic heterocycles. The van der Waals surface area contributed by atoms with Crippen LogP contribution in [0.5, 0.6) is 0 Å². The molecule has 7 heteroatoms. The number of hydrogen-bond donors (Lipinski definition) is 2. The number of nitrogens with zero attached hydrogens (tertiary/aromatic N) is 1. The van der Waals surface area contributed by atoms with Crippen LogP contribution in [0.2, 0.25) is 0 Å². The molecule has 0 fully saturated rings. The minimum Gasteiger partial charge on any atom is -0.444 e. The Bertz CT molecular complexity index is 488. The fraction of sp³-hybridized carbons (Fsp3) is 0.571. The van der Waals surface area contributed by atoms with Gasteiger partial charge in [-0.2, -0.15) is 0 Å². The van der Waals surface area contributed by atoms with E-state index in [1.54, 1.807) is 19.2 Å². The quantitative estimate of drug-likeness (QED) is 0.773. The Hall–Kier alpha value is -1.34. The van der Waals surface area contributed by atoms with E-state index in [4.69, 9.17) is 10.2 Å². The van der Waals surface area contributed by atoms with Gasteiger partial charge in [0.2, 0.25) is 5.91 Å². The third-order valence-electron chi connectivity index (χ3n) is 2.92. The summed E-state index contributed by atoms with van der Waals surface area (Å²) in [6.45, 7) is 4.48. The first-order valence-corrected chi connectivity index (χ1v) is 7.63. The minimum absolute atomic E-state index is 0.0360. The van der Waals surface area contributed by atoms with Crippen molar-refractivity contribution in [2.24, 2.45) is 11.7 Å². The van der Waals surface area contributed by atoms with Crippen LogP contribution in [0.4, 0.5) is 0 Å². The molecule has 2 amide bonds. The van der Waals surface area contributed by atoms with Crippen molar-refractivity contribution in [2.45, 2.75) is 26.3 Å². The van der Waals surface area contributed by atoms with E-state index < -0.39 is 0 Å². The van der Waals surface area contributed by atoms with Crippen LogP contribution in [-0.2, 0) is 4.79 Å². The van der Waals surface area contributed by atoms with Crippen LogP contribution in [0.3, 0.4) is 0 Å². The molecule has 1 rings (SSSR count). The number of amides is 2. The van der Waals surface area contributed by atoms with E-state index in [9.17, 15) is 9.59 Å². The second-order valence-corrected chi connectivity index (χ2v) is 6.18. The molecular weight excluding hydrogens is 338 g/mol. The number of nitrogens with one attached hydrogen (secondary N) is 1. The van der Waals surface area contributed by atoms with Crippen molar-refractivity contribution < 1.29 is 14.0 Å². The van der Waals surface area contributed by atoms with E-state index in [0.29, 0.717) is 17.1 Å². The van der Waals surface area contributed by atoms with Gasteiger partial charge in [-0.1, -0.05) is 13.8 Å². The number of halogens is 1. The molecule has 0 bridgehead atoms. The summed E-state index contributed by atoms with van der Waals surface area (Å²) in [6, 6.07) is 3.12. The first kappa shape index (κ1) is 17.7. The maximum atomic E-state index is 12.0. The van der Waals surface area contributed by atoms with Crippen LogP contribution in [-0.4, -0.2) is 42.9 Å². The fourth-order valence-electron chi connectivity index (χ4n) is 1.96. The first-order chi connectivity index (χ1) is 9.83. The van der Waals surface area contributed by atoms with E-state index in [1.807, 2.05) is 0 Å². The lowest BCUT2D eigenvalue weighted by atomic mass is 10.0. The van der Waals surface area contributed by atoms with Crippen molar-refractivity contribution >= 4 is 27.7 Å². The summed E-state index contributed by atoms with van der Waals surface area (Å²) in [7, 11) is 1.55. The summed E-state index contributed by atoms with van der Waals surface area (Å²) in [5.74, 6) is 0.0602. The molecule has 21 heavy (non-hydrogen) atoms. The Morgan fingerprint density at radius 3 is 2.57 bits per heavy atom. The predicted molar refractivity (Wildman–Crippen MR) is 83.8 cm³/mol. The van der Waals surface area contributed by atoms with Crippen molar-refractivity contribution in [2.75, 3.05) is 20.1 Å². The highest BCUT2D eigenvalue weighted by Gasteiger charge is 2.19. The lowest BCUT2D eigenvalue weighted by Crippen LogP contribution is -2.46. The number of rotatable bonds is 7. The highest BCUT2D eigenvalue weighted by Crippen LogP contribution is 2.15. The van der Waals surface area contributed by atoms with Gasteiger partial charge in [-0.25, -0.2) is 0 Å². The van der Waals surface area contributed by atoms with Crippen LogP contribution >= 0.6 is 15.9 Å². The minimum atomic E-state index is -0.344. The average molecular weight is 360 g/mol. The van der Waals surface area contributed by atoms with E-state index in [2.05, 4.69) is 35.1 Å². The summed E-state index contributed by atoms with van der Waals surface area (Å²) in [5.41, 5.74) is 5.64. The average Bonchev–Trinajstić information content (AvgIpc) is 2.82. The lowest BCUT2D eigenvalue weighted by Gasteiger charge is -2.21. The third kappa shape index (κ3) is 5.89. The van der Waals surface area contributed by atoms with Gasteiger partial charge in [-0.15, -0.1) is 0 Å². The molecule has 0 saturated heterocycles. The van der Waals surface area contributed by atoms with Crippen molar-refractivity contribution in [1.82, 2.24) is 10.2 Å². The number of nitrogens with two attached hydrogens (primary N) is 1. The van der Waals surface area contributed by atoms with Crippen molar-refractivity contribution in [3.8, 4) is 0 Å². The van der Waals surface area contributed by atoms with Gasteiger partial charge in [0.05, 0.1) is 6.54 Å². The lowest BCUT2D eigenvalue weighted by molar-refractivity contribution is -0.122. The van der Waals surface area contributed by atoms with Gasteiger partial charge >= 0.3 is 0 Å². The van der Waals surface area contributed by atoms with Gasteiger partial charge in [0, 0.05) is 19.6 Å². The highest BCUT2D eigenvalue weighted by atomic mass is 79.9. The first-order valence-electron chi connectivity index (χ1n) is 6.83. The van der Waals surface area contributed by atoms with Crippen LogP contribution in [0.25, 0.3) is 0 Å². The largest absolute Gasteiger partial charge is 0.444 e. The van der Waals surface area contributed by atoms with Gasteiger partial charge in [-0.05, 0) is 40.4 Å². The zero-order chi connectivity index (χ0) is 16.0. The summed E-state index contributed by atoms with van der Waals surface area (Å²) < 4.78 is 5.65. The Morgan fingerprint density at radius 2 is 2.10 bits per heavy atom. The van der Waals surface area contributed by atoms with Crippen LogP contribution in [0.15, 0.2) is 21.2 Å². The topological polar surface area (TPSA) is 88.6 Å². The molecule has 0 aliphatic rings. The molecule has 1 unspecified atom stereocenters. The van der Waals surface area contributed by atoms with E-state index in [0.717, 1.165) is 6.42 Å². The van der Waals surface area contributed by atoms with Crippen LogP contribution < -0.4 is 11.1 Å². The molecule has 0 aromatic carbocycles. The van der Waals surface area contributed by atoms with Crippen LogP contribution in [0, 0.1) is 5.92 Å². The number of likely N-dealkylation sites (N-methyl/N-ethyl adjacent to an activating group) is 1. The maximum absolute atomic E-state index is 12.0. The van der Waals surface area contributed by atoms with Gasteiger partial charge in [0.1, 0.15) is 0 Å². The molecule has 0 radical (unpaired) electrons. The smallest absolute Gasteiger partial charge is 0.289 e. The number of carbonyl (C=O) groups is 2. The summed E-state index contributed by atoms with van der Waals surface area (Å²) in [6.07, 6.45) is 0.811. The van der Waals surface area contributed by atoms with E-state index >= 15 is 0 Å². The maximum Gasteiger partial charge on any atom is 0.289 e. The molecule has 1 atom stereocenters. The molecule has 0 spiro atoms. The molecule has 0 aliphatic heterocycles. The zero-order valence-corrected chi connectivity index (χ0v) is 14.1. The van der Waals surface area contributed by atoms with Crippen molar-refractivity contribution in [3.63, 3.8) is 0 Å². The third-order valence-corrected chi connectivity index (χ3v) is 3.34. The normalized spacial score (nSPS) is 12.3. The van der Waals surface area contributed by atoms with Crippen LogP contribution in [0.1, 0.15) is 30.8 Å².